The van der Waals surface area contributed by atoms with E-state index in [0.717, 1.165) is 26.2 Å². The van der Waals surface area contributed by atoms with Crippen LogP contribution in [0.3, 0.4) is 0 Å². The molecule has 1 atom stereocenters. The average molecular weight is 233 g/mol. The van der Waals surface area contributed by atoms with Gasteiger partial charge in [0.05, 0.1) is 0 Å². The van der Waals surface area contributed by atoms with E-state index in [4.69, 9.17) is 0 Å². The molecule has 17 heavy (non-hydrogen) atoms. The number of rotatable bonds is 5. The first-order valence-corrected chi connectivity index (χ1v) is 6.08. The third-order valence-corrected chi connectivity index (χ3v) is 3.08. The van der Waals surface area contributed by atoms with E-state index in [1.807, 2.05) is 23.1 Å². The lowest BCUT2D eigenvalue weighted by atomic mass is 10.1. The second-order valence-corrected chi connectivity index (χ2v) is 4.31. The number of urea groups is 1. The van der Waals surface area contributed by atoms with Crippen molar-refractivity contribution >= 4 is 6.03 Å². The molecule has 1 fully saturated rings. The largest absolute Gasteiger partial charge is 0.336 e. The molecule has 1 aliphatic heterocycles. The number of hydrogen-bond donors (Lipinski definition) is 2. The number of hydrogen-bond acceptors (Lipinski definition) is 2. The normalized spacial score (nSPS) is 17.0. The second kappa shape index (κ2) is 5.68. The molecule has 1 aliphatic rings. The minimum Gasteiger partial charge on any atom is -0.336 e. The van der Waals surface area contributed by atoms with Crippen molar-refractivity contribution in [2.45, 2.75) is 13.0 Å². The first kappa shape index (κ1) is 11.9. The first-order valence-electron chi connectivity index (χ1n) is 6.08. The number of carbonyl (C=O) groups excluding carboxylic acids is 1. The highest BCUT2D eigenvalue weighted by Gasteiger charge is 2.18. The van der Waals surface area contributed by atoms with E-state index in [2.05, 4.69) is 29.7 Å². The van der Waals surface area contributed by atoms with E-state index >= 15 is 0 Å². The molecule has 0 aromatic heterocycles. The Morgan fingerprint density at radius 3 is 2.82 bits per heavy atom. The van der Waals surface area contributed by atoms with Crippen LogP contribution in [0.15, 0.2) is 30.3 Å². The van der Waals surface area contributed by atoms with Crippen LogP contribution in [0, 0.1) is 0 Å². The van der Waals surface area contributed by atoms with Crippen LogP contribution in [-0.2, 0) is 0 Å². The summed E-state index contributed by atoms with van der Waals surface area (Å²) in [5, 5.41) is 6.22. The van der Waals surface area contributed by atoms with Gasteiger partial charge < -0.3 is 15.5 Å². The molecular formula is C13H19N3O. The molecule has 0 bridgehead atoms. The molecule has 4 nitrogen and oxygen atoms in total. The van der Waals surface area contributed by atoms with Gasteiger partial charge >= 0.3 is 6.03 Å². The summed E-state index contributed by atoms with van der Waals surface area (Å²) < 4.78 is 0. The minimum absolute atomic E-state index is 0.0548. The molecule has 0 aliphatic carbocycles. The topological polar surface area (TPSA) is 44.4 Å². The second-order valence-electron chi connectivity index (χ2n) is 4.31. The monoisotopic (exact) mass is 233 g/mol. The van der Waals surface area contributed by atoms with Crippen LogP contribution >= 0.6 is 0 Å². The molecule has 0 saturated carbocycles. The van der Waals surface area contributed by atoms with Crippen LogP contribution in [-0.4, -0.2) is 37.1 Å². The number of nitrogens with one attached hydrogen (secondary N) is 2. The first-order chi connectivity index (χ1) is 8.27. The third kappa shape index (κ3) is 3.20. The van der Waals surface area contributed by atoms with E-state index < -0.39 is 0 Å². The van der Waals surface area contributed by atoms with Gasteiger partial charge in [0.15, 0.2) is 0 Å². The Morgan fingerprint density at radius 2 is 2.18 bits per heavy atom. The molecule has 0 unspecified atom stereocenters. The van der Waals surface area contributed by atoms with Crippen molar-refractivity contribution in [3.8, 4) is 0 Å². The summed E-state index contributed by atoms with van der Waals surface area (Å²) in [7, 11) is 0. The van der Waals surface area contributed by atoms with Crippen LogP contribution in [0.4, 0.5) is 4.79 Å². The minimum atomic E-state index is 0.0548. The van der Waals surface area contributed by atoms with Gasteiger partial charge in [-0.2, -0.15) is 0 Å². The Labute approximate surface area is 102 Å². The highest BCUT2D eigenvalue weighted by Crippen LogP contribution is 2.10. The zero-order valence-electron chi connectivity index (χ0n) is 10.1. The van der Waals surface area contributed by atoms with Crippen molar-refractivity contribution in [3.05, 3.63) is 35.9 Å². The van der Waals surface area contributed by atoms with Crippen molar-refractivity contribution < 1.29 is 4.79 Å². The molecule has 92 valence electrons. The maximum Gasteiger partial charge on any atom is 0.317 e. The van der Waals surface area contributed by atoms with Gasteiger partial charge in [-0.3, -0.25) is 0 Å². The predicted molar refractivity (Wildman–Crippen MR) is 67.8 cm³/mol. The fourth-order valence-corrected chi connectivity index (χ4v) is 2.00. The summed E-state index contributed by atoms with van der Waals surface area (Å²) in [6, 6.07) is 10.7. The Kier molecular flexibility index (Phi) is 3.98. The molecule has 1 aromatic rings. The van der Waals surface area contributed by atoms with Crippen molar-refractivity contribution in [1.82, 2.24) is 15.5 Å². The maximum atomic E-state index is 11.3. The Hall–Kier alpha value is -1.55. The summed E-state index contributed by atoms with van der Waals surface area (Å²) in [6.45, 7) is 5.32. The van der Waals surface area contributed by atoms with Crippen LogP contribution in [0.1, 0.15) is 18.5 Å². The van der Waals surface area contributed by atoms with E-state index in [0.29, 0.717) is 6.04 Å². The van der Waals surface area contributed by atoms with Crippen LogP contribution in [0.25, 0.3) is 0 Å². The average Bonchev–Trinajstić information content (AvgIpc) is 2.76. The molecule has 1 saturated heterocycles. The summed E-state index contributed by atoms with van der Waals surface area (Å²) >= 11 is 0. The number of nitrogens with zero attached hydrogens (tertiary/aromatic N) is 1. The summed E-state index contributed by atoms with van der Waals surface area (Å²) in [5.41, 5.74) is 1.28. The van der Waals surface area contributed by atoms with Gasteiger partial charge in [0.2, 0.25) is 0 Å². The zero-order valence-corrected chi connectivity index (χ0v) is 10.1. The zero-order chi connectivity index (χ0) is 12.1. The predicted octanol–water partition coefficient (Wildman–Crippen LogP) is 1.36. The quantitative estimate of drug-likeness (QED) is 0.806. The summed E-state index contributed by atoms with van der Waals surface area (Å²) in [5.74, 6) is 0. The lowest BCUT2D eigenvalue weighted by molar-refractivity contribution is 0.217. The standard InChI is InChI=1S/C13H19N3O/c1-11(12-5-3-2-4-6-12)14-7-9-16-10-8-15-13(16)17/h2-6,11,14H,7-10H2,1H3,(H,15,17)/t11-/m0/s1. The van der Waals surface area contributed by atoms with E-state index in [1.165, 1.54) is 5.56 Å². The third-order valence-electron chi connectivity index (χ3n) is 3.08. The van der Waals surface area contributed by atoms with Gasteiger partial charge in [-0.05, 0) is 12.5 Å². The smallest absolute Gasteiger partial charge is 0.317 e. The van der Waals surface area contributed by atoms with Crippen LogP contribution < -0.4 is 10.6 Å². The van der Waals surface area contributed by atoms with E-state index in [9.17, 15) is 4.79 Å². The highest BCUT2D eigenvalue weighted by atomic mass is 16.2. The van der Waals surface area contributed by atoms with Gasteiger partial charge in [0.1, 0.15) is 0 Å². The molecular weight excluding hydrogens is 214 g/mol. The van der Waals surface area contributed by atoms with Gasteiger partial charge in [0.25, 0.3) is 0 Å². The van der Waals surface area contributed by atoms with Crippen molar-refractivity contribution in [2.24, 2.45) is 0 Å². The summed E-state index contributed by atoms with van der Waals surface area (Å²) in [6.07, 6.45) is 0. The van der Waals surface area contributed by atoms with Crippen LogP contribution in [0.2, 0.25) is 0 Å². The summed E-state index contributed by atoms with van der Waals surface area (Å²) in [4.78, 5) is 13.1. The Bertz CT molecular complexity index is 366. The molecule has 0 spiro atoms. The Morgan fingerprint density at radius 1 is 1.41 bits per heavy atom. The molecule has 1 aromatic carbocycles. The van der Waals surface area contributed by atoms with Gasteiger partial charge in [-0.25, -0.2) is 4.79 Å². The maximum absolute atomic E-state index is 11.3. The van der Waals surface area contributed by atoms with E-state index in [-0.39, 0.29) is 6.03 Å². The molecule has 2 amide bonds. The number of carbonyl (C=O) groups is 1. The molecule has 4 heteroatoms. The highest BCUT2D eigenvalue weighted by molar-refractivity contribution is 5.76. The SMILES string of the molecule is C[C@H](NCCN1CCNC1=O)c1ccccc1. The van der Waals surface area contributed by atoms with Crippen molar-refractivity contribution in [1.29, 1.82) is 0 Å². The molecule has 2 N–H and O–H groups in total. The van der Waals surface area contributed by atoms with Gasteiger partial charge in [-0.15, -0.1) is 0 Å². The molecule has 2 rings (SSSR count). The van der Waals surface area contributed by atoms with Crippen molar-refractivity contribution in [3.63, 3.8) is 0 Å². The Balaban J connectivity index is 1.73. The number of benzene rings is 1. The van der Waals surface area contributed by atoms with Gasteiger partial charge in [0, 0.05) is 32.2 Å². The van der Waals surface area contributed by atoms with Crippen molar-refractivity contribution in [2.75, 3.05) is 26.2 Å². The lowest BCUT2D eigenvalue weighted by Gasteiger charge is -2.18. The van der Waals surface area contributed by atoms with E-state index in [1.54, 1.807) is 0 Å². The number of amides is 2. The van der Waals surface area contributed by atoms with Crippen LogP contribution in [0.5, 0.6) is 0 Å². The molecule has 0 radical (unpaired) electrons. The lowest BCUT2D eigenvalue weighted by Crippen LogP contribution is -2.35. The van der Waals surface area contributed by atoms with Gasteiger partial charge in [-0.1, -0.05) is 30.3 Å². The fraction of sp³-hybridized carbons (Fsp3) is 0.462. The molecule has 1 heterocycles. The fourth-order valence-electron chi connectivity index (χ4n) is 2.00.